The predicted octanol–water partition coefficient (Wildman–Crippen LogP) is 2.13. The van der Waals surface area contributed by atoms with E-state index in [1.54, 1.807) is 4.52 Å². The molecule has 0 aliphatic carbocycles. The summed E-state index contributed by atoms with van der Waals surface area (Å²) in [5, 5.41) is 7.25. The molecule has 1 amide bonds. The van der Waals surface area contributed by atoms with Crippen molar-refractivity contribution in [2.75, 3.05) is 36.5 Å². The van der Waals surface area contributed by atoms with Gasteiger partial charge in [0.05, 0.1) is 24.5 Å². The first-order valence-electron chi connectivity index (χ1n) is 8.27. The minimum absolute atomic E-state index is 0.157. The van der Waals surface area contributed by atoms with Crippen molar-refractivity contribution < 1.29 is 9.53 Å². The summed E-state index contributed by atoms with van der Waals surface area (Å²) in [4.78, 5) is 19.5. The minimum atomic E-state index is -0.157. The summed E-state index contributed by atoms with van der Waals surface area (Å²) in [5.74, 6) is 0.506. The maximum absolute atomic E-state index is 12.9. The van der Waals surface area contributed by atoms with Crippen LogP contribution >= 0.6 is 0 Å². The number of fused-ring (bicyclic) bond motifs is 1. The first kappa shape index (κ1) is 15.6. The molecule has 1 N–H and O–H groups in total. The SMILES string of the molecule is Cc1nc2c(NC(=O)c3ccccc3N3CCOCC3)cccn2n1. The normalized spacial score (nSPS) is 14.7. The molecule has 7 heteroatoms. The summed E-state index contributed by atoms with van der Waals surface area (Å²) in [6.45, 7) is 4.74. The van der Waals surface area contributed by atoms with Gasteiger partial charge in [0.2, 0.25) is 0 Å². The Morgan fingerprint density at radius 3 is 2.80 bits per heavy atom. The summed E-state index contributed by atoms with van der Waals surface area (Å²) in [5.41, 5.74) is 2.85. The molecule has 7 nitrogen and oxygen atoms in total. The second-order valence-corrected chi connectivity index (χ2v) is 5.92. The first-order chi connectivity index (χ1) is 12.2. The quantitative estimate of drug-likeness (QED) is 0.793. The van der Waals surface area contributed by atoms with E-state index < -0.39 is 0 Å². The van der Waals surface area contributed by atoms with Gasteiger partial charge in [0.1, 0.15) is 5.82 Å². The lowest BCUT2D eigenvalue weighted by molar-refractivity contribution is 0.102. The van der Waals surface area contributed by atoms with Crippen LogP contribution < -0.4 is 10.2 Å². The number of hydrogen-bond donors (Lipinski definition) is 1. The van der Waals surface area contributed by atoms with Gasteiger partial charge < -0.3 is 15.0 Å². The van der Waals surface area contributed by atoms with Crippen molar-refractivity contribution in [1.82, 2.24) is 14.6 Å². The predicted molar refractivity (Wildman–Crippen MR) is 95.2 cm³/mol. The Balaban J connectivity index is 1.65. The van der Waals surface area contributed by atoms with Gasteiger partial charge in [0.15, 0.2) is 5.65 Å². The largest absolute Gasteiger partial charge is 0.378 e. The van der Waals surface area contributed by atoms with Crippen molar-refractivity contribution in [2.24, 2.45) is 0 Å². The minimum Gasteiger partial charge on any atom is -0.378 e. The smallest absolute Gasteiger partial charge is 0.257 e. The number of hydrogen-bond acceptors (Lipinski definition) is 5. The highest BCUT2D eigenvalue weighted by molar-refractivity contribution is 6.09. The summed E-state index contributed by atoms with van der Waals surface area (Å²) in [7, 11) is 0. The number of aryl methyl sites for hydroxylation is 1. The van der Waals surface area contributed by atoms with E-state index in [9.17, 15) is 4.79 Å². The standard InChI is InChI=1S/C18H19N5O2/c1-13-19-17-15(6-4-8-23(17)21-13)20-18(24)14-5-2-3-7-16(14)22-9-11-25-12-10-22/h2-8H,9-12H2,1H3,(H,20,24). The Morgan fingerprint density at radius 1 is 1.16 bits per heavy atom. The highest BCUT2D eigenvalue weighted by atomic mass is 16.5. The molecule has 1 fully saturated rings. The number of aromatic nitrogens is 3. The molecule has 0 unspecified atom stereocenters. The molecule has 1 saturated heterocycles. The highest BCUT2D eigenvalue weighted by Crippen LogP contribution is 2.23. The fourth-order valence-electron chi connectivity index (χ4n) is 3.05. The number of carbonyl (C=O) groups is 1. The topological polar surface area (TPSA) is 71.8 Å². The zero-order chi connectivity index (χ0) is 17.2. The number of rotatable bonds is 3. The third-order valence-electron chi connectivity index (χ3n) is 4.22. The fraction of sp³-hybridized carbons (Fsp3) is 0.278. The van der Waals surface area contributed by atoms with E-state index in [1.165, 1.54) is 0 Å². The molecule has 1 aliphatic rings. The molecule has 0 saturated carbocycles. The van der Waals surface area contributed by atoms with Crippen LogP contribution in [0.5, 0.6) is 0 Å². The maximum Gasteiger partial charge on any atom is 0.257 e. The highest BCUT2D eigenvalue weighted by Gasteiger charge is 2.19. The van der Waals surface area contributed by atoms with Crippen LogP contribution in [0.25, 0.3) is 5.65 Å². The molecule has 1 aromatic carbocycles. The maximum atomic E-state index is 12.9. The number of nitrogens with zero attached hydrogens (tertiary/aromatic N) is 4. The van der Waals surface area contributed by atoms with Crippen molar-refractivity contribution in [3.63, 3.8) is 0 Å². The number of nitrogens with one attached hydrogen (secondary N) is 1. The Kier molecular flexibility index (Phi) is 4.07. The Hall–Kier alpha value is -2.93. The molecular weight excluding hydrogens is 318 g/mol. The van der Waals surface area contributed by atoms with Crippen molar-refractivity contribution in [3.05, 3.63) is 54.0 Å². The van der Waals surface area contributed by atoms with E-state index in [-0.39, 0.29) is 5.91 Å². The van der Waals surface area contributed by atoms with Gasteiger partial charge in [0.25, 0.3) is 5.91 Å². The van der Waals surface area contributed by atoms with E-state index in [0.29, 0.717) is 35.9 Å². The molecule has 128 valence electrons. The van der Waals surface area contributed by atoms with Crippen molar-refractivity contribution in [3.8, 4) is 0 Å². The van der Waals surface area contributed by atoms with Crippen LogP contribution in [0.4, 0.5) is 11.4 Å². The van der Waals surface area contributed by atoms with Crippen LogP contribution in [0, 0.1) is 6.92 Å². The van der Waals surface area contributed by atoms with E-state index in [0.717, 1.165) is 18.8 Å². The van der Waals surface area contributed by atoms with Gasteiger partial charge in [-0.1, -0.05) is 12.1 Å². The molecule has 4 rings (SSSR count). The average molecular weight is 337 g/mol. The lowest BCUT2D eigenvalue weighted by Crippen LogP contribution is -2.37. The number of carbonyl (C=O) groups excluding carboxylic acids is 1. The van der Waals surface area contributed by atoms with E-state index in [1.807, 2.05) is 49.5 Å². The summed E-state index contributed by atoms with van der Waals surface area (Å²) in [6.07, 6.45) is 1.81. The van der Waals surface area contributed by atoms with Gasteiger partial charge in [-0.15, -0.1) is 0 Å². The lowest BCUT2D eigenvalue weighted by atomic mass is 10.1. The monoisotopic (exact) mass is 337 g/mol. The Labute approximate surface area is 145 Å². The van der Waals surface area contributed by atoms with Crippen LogP contribution in [0.1, 0.15) is 16.2 Å². The van der Waals surface area contributed by atoms with Crippen LogP contribution in [0.15, 0.2) is 42.6 Å². The second-order valence-electron chi connectivity index (χ2n) is 5.92. The molecule has 0 bridgehead atoms. The lowest BCUT2D eigenvalue weighted by Gasteiger charge is -2.30. The van der Waals surface area contributed by atoms with E-state index >= 15 is 0 Å². The van der Waals surface area contributed by atoms with Crippen LogP contribution in [0.3, 0.4) is 0 Å². The van der Waals surface area contributed by atoms with E-state index in [4.69, 9.17) is 4.74 Å². The van der Waals surface area contributed by atoms with Crippen molar-refractivity contribution >= 4 is 22.9 Å². The molecule has 0 radical (unpaired) electrons. The number of anilines is 2. The average Bonchev–Trinajstić information content (AvgIpc) is 3.04. The molecule has 3 heterocycles. The molecule has 2 aromatic heterocycles. The number of ether oxygens (including phenoxy) is 1. The number of amides is 1. The van der Waals surface area contributed by atoms with Gasteiger partial charge in [-0.3, -0.25) is 4.79 Å². The zero-order valence-corrected chi connectivity index (χ0v) is 14.0. The number of benzene rings is 1. The molecular formula is C18H19N5O2. The molecule has 1 aliphatic heterocycles. The first-order valence-corrected chi connectivity index (χ1v) is 8.27. The Bertz CT molecular complexity index is 915. The van der Waals surface area contributed by atoms with Gasteiger partial charge in [-0.05, 0) is 31.2 Å². The number of pyridine rings is 1. The Morgan fingerprint density at radius 2 is 1.96 bits per heavy atom. The van der Waals surface area contributed by atoms with Crippen LogP contribution in [-0.4, -0.2) is 46.8 Å². The van der Waals surface area contributed by atoms with Gasteiger partial charge in [-0.2, -0.15) is 5.10 Å². The number of para-hydroxylation sites is 1. The molecule has 0 spiro atoms. The van der Waals surface area contributed by atoms with Gasteiger partial charge in [0, 0.05) is 25.0 Å². The molecule has 0 atom stereocenters. The fourth-order valence-corrected chi connectivity index (χ4v) is 3.05. The van der Waals surface area contributed by atoms with Crippen LogP contribution in [0.2, 0.25) is 0 Å². The zero-order valence-electron chi connectivity index (χ0n) is 14.0. The van der Waals surface area contributed by atoms with Gasteiger partial charge >= 0.3 is 0 Å². The summed E-state index contributed by atoms with van der Waals surface area (Å²) in [6, 6.07) is 11.3. The van der Waals surface area contributed by atoms with Crippen LogP contribution in [-0.2, 0) is 4.74 Å². The number of morpholine rings is 1. The van der Waals surface area contributed by atoms with Crippen molar-refractivity contribution in [1.29, 1.82) is 0 Å². The van der Waals surface area contributed by atoms with Gasteiger partial charge in [-0.25, -0.2) is 9.50 Å². The van der Waals surface area contributed by atoms with E-state index in [2.05, 4.69) is 20.3 Å². The third-order valence-corrected chi connectivity index (χ3v) is 4.22. The summed E-state index contributed by atoms with van der Waals surface area (Å²) >= 11 is 0. The molecule has 3 aromatic rings. The second kappa shape index (κ2) is 6.52. The summed E-state index contributed by atoms with van der Waals surface area (Å²) < 4.78 is 7.07. The van der Waals surface area contributed by atoms with Crippen molar-refractivity contribution in [2.45, 2.75) is 6.92 Å². The third kappa shape index (κ3) is 3.06. The molecule has 25 heavy (non-hydrogen) atoms.